The lowest BCUT2D eigenvalue weighted by Gasteiger charge is -2.37. The van der Waals surface area contributed by atoms with E-state index in [4.69, 9.17) is 4.74 Å². The van der Waals surface area contributed by atoms with Gasteiger partial charge in [-0.1, -0.05) is 32.6 Å². The van der Waals surface area contributed by atoms with Crippen LogP contribution < -0.4 is 4.74 Å². The fourth-order valence-electron chi connectivity index (χ4n) is 3.65. The summed E-state index contributed by atoms with van der Waals surface area (Å²) in [5.74, 6) is 5.76. The molecule has 0 unspecified atom stereocenters. The van der Waals surface area contributed by atoms with Crippen LogP contribution in [0.4, 0.5) is 0 Å². The van der Waals surface area contributed by atoms with Gasteiger partial charge < -0.3 is 19.3 Å². The molecule has 0 aliphatic carbocycles. The van der Waals surface area contributed by atoms with E-state index in [1.807, 2.05) is 20.8 Å². The quantitative estimate of drug-likeness (QED) is 0.592. The van der Waals surface area contributed by atoms with Gasteiger partial charge in [-0.25, -0.2) is 18.4 Å². The zero-order chi connectivity index (χ0) is 25.9. The zero-order valence-electron chi connectivity index (χ0n) is 21.0. The Bertz CT molecular complexity index is 1230. The largest absolute Gasteiger partial charge is 0.472 e. The fourth-order valence-corrected chi connectivity index (χ4v) is 4.79. The lowest BCUT2D eigenvalue weighted by atomic mass is 10.00. The van der Waals surface area contributed by atoms with Crippen molar-refractivity contribution in [3.63, 3.8) is 0 Å². The van der Waals surface area contributed by atoms with Crippen molar-refractivity contribution in [2.45, 2.75) is 44.9 Å². The molecular formula is C24H33N5O5S. The number of ether oxygens (including phenoxy) is 1. The van der Waals surface area contributed by atoms with Crippen molar-refractivity contribution in [2.75, 3.05) is 26.7 Å². The Hall–Kier alpha value is -2.94. The maximum Gasteiger partial charge on any atom is 0.261 e. The number of hydrogen-bond acceptors (Lipinski definition) is 7. The summed E-state index contributed by atoms with van der Waals surface area (Å²) < 4.78 is 35.0. The number of carbonyl (C=O) groups is 1. The summed E-state index contributed by atoms with van der Waals surface area (Å²) in [4.78, 5) is 23.3. The number of imidazole rings is 1. The molecule has 3 heterocycles. The number of likely N-dealkylation sites (N-methyl/N-ethyl adjacent to an activating group) is 1. The number of aryl methyl sites for hydroxylation is 1. The van der Waals surface area contributed by atoms with Gasteiger partial charge in [0.05, 0.1) is 25.5 Å². The fraction of sp³-hybridized carbons (Fsp3) is 0.542. The van der Waals surface area contributed by atoms with Crippen LogP contribution in [0.15, 0.2) is 29.8 Å². The summed E-state index contributed by atoms with van der Waals surface area (Å²) in [6, 6.07) is 1.19. The first-order chi connectivity index (χ1) is 16.4. The molecule has 3 rings (SSSR count). The van der Waals surface area contributed by atoms with E-state index in [0.717, 1.165) is 0 Å². The average Bonchev–Trinajstić information content (AvgIpc) is 3.26. The molecule has 3 atom stereocenters. The van der Waals surface area contributed by atoms with Crippen LogP contribution in [0.25, 0.3) is 0 Å². The third-order valence-corrected chi connectivity index (χ3v) is 7.53. The highest BCUT2D eigenvalue weighted by atomic mass is 32.2. The topological polar surface area (TPSA) is 118 Å². The molecule has 0 bridgehead atoms. The van der Waals surface area contributed by atoms with Gasteiger partial charge in [0.15, 0.2) is 5.03 Å². The summed E-state index contributed by atoms with van der Waals surface area (Å²) in [5, 5.41) is 9.73. The first-order valence-corrected chi connectivity index (χ1v) is 12.9. The van der Waals surface area contributed by atoms with Gasteiger partial charge in [0.2, 0.25) is 5.88 Å². The molecule has 0 saturated heterocycles. The lowest BCUT2D eigenvalue weighted by molar-refractivity contribution is 0.0373. The predicted octanol–water partition coefficient (Wildman–Crippen LogP) is 1.36. The molecule has 190 valence electrons. The van der Waals surface area contributed by atoms with Gasteiger partial charge in [-0.3, -0.25) is 4.79 Å². The third kappa shape index (κ3) is 6.01. The number of rotatable bonds is 6. The van der Waals surface area contributed by atoms with E-state index in [1.165, 1.54) is 23.9 Å². The Morgan fingerprint density at radius 3 is 2.63 bits per heavy atom. The minimum absolute atomic E-state index is 0.0195. The second kappa shape index (κ2) is 10.8. The molecular weight excluding hydrogens is 470 g/mol. The monoisotopic (exact) mass is 503 g/mol. The number of aliphatic hydroxyl groups is 1. The summed E-state index contributed by atoms with van der Waals surface area (Å²) in [7, 11) is -0.679. The number of amides is 1. The molecule has 0 saturated carbocycles. The van der Waals surface area contributed by atoms with Gasteiger partial charge in [-0.15, -0.1) is 0 Å². The molecule has 10 nitrogen and oxygen atoms in total. The first kappa shape index (κ1) is 26.7. The van der Waals surface area contributed by atoms with E-state index in [-0.39, 0.29) is 53.9 Å². The van der Waals surface area contributed by atoms with Crippen LogP contribution in [0.1, 0.15) is 43.6 Å². The van der Waals surface area contributed by atoms with Gasteiger partial charge in [0.1, 0.15) is 11.7 Å². The Morgan fingerprint density at radius 2 is 2.03 bits per heavy atom. The number of aliphatic hydroxyl groups excluding tert-OH is 1. The SMILES string of the molecule is CC(C)C#Cc1cnc2c(c1)C(=O)N([C@@H](C)CO)C[C@@H](C)[C@@H](CN(C)S(=O)(=O)c1cn(C)cn1)O2. The van der Waals surface area contributed by atoms with Crippen molar-refractivity contribution >= 4 is 15.9 Å². The summed E-state index contributed by atoms with van der Waals surface area (Å²) >= 11 is 0. The molecule has 0 aromatic carbocycles. The normalized spacial score (nSPS) is 19.5. The molecule has 1 aliphatic rings. The molecule has 1 amide bonds. The van der Waals surface area contributed by atoms with Crippen molar-refractivity contribution in [3.8, 4) is 17.7 Å². The molecule has 11 heteroatoms. The van der Waals surface area contributed by atoms with E-state index in [2.05, 4.69) is 21.8 Å². The second-order valence-corrected chi connectivity index (χ2v) is 11.3. The van der Waals surface area contributed by atoms with Gasteiger partial charge in [0.25, 0.3) is 15.9 Å². The summed E-state index contributed by atoms with van der Waals surface area (Å²) in [5.41, 5.74) is 0.805. The van der Waals surface area contributed by atoms with Crippen LogP contribution >= 0.6 is 0 Å². The van der Waals surface area contributed by atoms with Gasteiger partial charge in [-0.05, 0) is 13.0 Å². The number of hydrogen-bond donors (Lipinski definition) is 1. The van der Waals surface area contributed by atoms with Crippen LogP contribution in [-0.4, -0.2) is 82.1 Å². The van der Waals surface area contributed by atoms with Crippen LogP contribution in [0.3, 0.4) is 0 Å². The average molecular weight is 504 g/mol. The maximum atomic E-state index is 13.4. The van der Waals surface area contributed by atoms with Crippen molar-refractivity contribution in [2.24, 2.45) is 18.9 Å². The highest BCUT2D eigenvalue weighted by Gasteiger charge is 2.36. The van der Waals surface area contributed by atoms with Crippen LogP contribution in [0.2, 0.25) is 0 Å². The van der Waals surface area contributed by atoms with E-state index in [0.29, 0.717) is 5.56 Å². The molecule has 2 aromatic heterocycles. The zero-order valence-corrected chi connectivity index (χ0v) is 21.8. The molecule has 0 fully saturated rings. The molecule has 0 spiro atoms. The second-order valence-electron chi connectivity index (χ2n) is 9.29. The maximum absolute atomic E-state index is 13.4. The third-order valence-electron chi connectivity index (χ3n) is 5.82. The molecule has 1 N–H and O–H groups in total. The Balaban J connectivity index is 1.99. The van der Waals surface area contributed by atoms with Crippen molar-refractivity contribution < 1.29 is 23.1 Å². The van der Waals surface area contributed by atoms with Crippen LogP contribution in [0, 0.1) is 23.7 Å². The number of sulfonamides is 1. The Kier molecular flexibility index (Phi) is 8.20. The highest BCUT2D eigenvalue weighted by Crippen LogP contribution is 2.28. The Morgan fingerprint density at radius 1 is 1.31 bits per heavy atom. The minimum atomic E-state index is -3.84. The van der Waals surface area contributed by atoms with Gasteiger partial charge >= 0.3 is 0 Å². The molecule has 35 heavy (non-hydrogen) atoms. The van der Waals surface area contributed by atoms with Crippen molar-refractivity contribution in [3.05, 3.63) is 35.9 Å². The number of nitrogens with zero attached hydrogens (tertiary/aromatic N) is 5. The number of aromatic nitrogens is 3. The van der Waals surface area contributed by atoms with Crippen molar-refractivity contribution in [1.82, 2.24) is 23.7 Å². The molecule has 2 aromatic rings. The Labute approximate surface area is 207 Å². The van der Waals surface area contributed by atoms with Gasteiger partial charge in [-0.2, -0.15) is 4.31 Å². The van der Waals surface area contributed by atoms with E-state index in [1.54, 1.807) is 35.7 Å². The van der Waals surface area contributed by atoms with E-state index in [9.17, 15) is 18.3 Å². The molecule has 0 radical (unpaired) electrons. The predicted molar refractivity (Wildman–Crippen MR) is 130 cm³/mol. The van der Waals surface area contributed by atoms with Crippen molar-refractivity contribution in [1.29, 1.82) is 0 Å². The van der Waals surface area contributed by atoms with E-state index < -0.39 is 22.2 Å². The minimum Gasteiger partial charge on any atom is -0.472 e. The number of fused-ring (bicyclic) bond motifs is 1. The molecule has 1 aliphatic heterocycles. The number of pyridine rings is 1. The van der Waals surface area contributed by atoms with Crippen LogP contribution in [-0.2, 0) is 17.1 Å². The summed E-state index contributed by atoms with van der Waals surface area (Å²) in [6.45, 7) is 7.64. The highest BCUT2D eigenvalue weighted by molar-refractivity contribution is 7.89. The first-order valence-electron chi connectivity index (χ1n) is 11.5. The van der Waals surface area contributed by atoms with Crippen LogP contribution in [0.5, 0.6) is 5.88 Å². The standard InChI is InChI=1S/C24H33N5O5S/c1-16(2)7-8-19-9-20-23(25-10-19)34-21(17(3)11-29(24(20)31)18(4)14-30)12-28(6)35(32,33)22-13-27(5)15-26-22/h9-10,13,15-18,21,30H,11-12,14H2,1-6H3/t17-,18+,21-/m1/s1. The number of carbonyl (C=O) groups excluding carboxylic acids is 1. The van der Waals surface area contributed by atoms with Gasteiger partial charge in [0, 0.05) is 50.4 Å². The smallest absolute Gasteiger partial charge is 0.261 e. The summed E-state index contributed by atoms with van der Waals surface area (Å²) in [6.07, 6.45) is 3.79. The lowest BCUT2D eigenvalue weighted by Crippen LogP contribution is -2.50. The van der Waals surface area contributed by atoms with E-state index >= 15 is 0 Å².